The number of sulfonamides is 1. The number of piperidine rings is 1. The fourth-order valence-corrected chi connectivity index (χ4v) is 4.50. The second kappa shape index (κ2) is 8.13. The Balaban J connectivity index is 1.86. The maximum absolute atomic E-state index is 12.2. The molecule has 1 aromatic rings. The fourth-order valence-electron chi connectivity index (χ4n) is 2.63. The number of hydrogen-bond acceptors (Lipinski definition) is 3. The molecule has 1 amide bonds. The van der Waals surface area contributed by atoms with E-state index < -0.39 is 10.0 Å². The summed E-state index contributed by atoms with van der Waals surface area (Å²) in [4.78, 5) is 12.2. The van der Waals surface area contributed by atoms with Gasteiger partial charge >= 0.3 is 0 Å². The maximum atomic E-state index is 12.2. The van der Waals surface area contributed by atoms with Gasteiger partial charge in [0.1, 0.15) is 0 Å². The summed E-state index contributed by atoms with van der Waals surface area (Å²) < 4.78 is 25.9. The van der Waals surface area contributed by atoms with E-state index in [0.29, 0.717) is 42.9 Å². The van der Waals surface area contributed by atoms with Crippen LogP contribution in [-0.4, -0.2) is 43.5 Å². The van der Waals surface area contributed by atoms with E-state index in [4.69, 9.17) is 11.6 Å². The quantitative estimate of drug-likeness (QED) is 0.850. The second-order valence-corrected chi connectivity index (χ2v) is 8.35. The molecule has 1 aliphatic heterocycles. The molecule has 0 radical (unpaired) electrons. The van der Waals surface area contributed by atoms with Crippen LogP contribution in [0.25, 0.3) is 0 Å². The second-order valence-electron chi connectivity index (χ2n) is 5.83. The van der Waals surface area contributed by atoms with Crippen LogP contribution in [0, 0.1) is 0 Å². The Kier molecular flexibility index (Phi) is 6.44. The molecule has 1 aromatic carbocycles. The lowest BCUT2D eigenvalue weighted by molar-refractivity contribution is 0.0924. The highest BCUT2D eigenvalue weighted by molar-refractivity contribution is 7.89. The number of carbonyl (C=O) groups is 1. The molecule has 1 heterocycles. The molecule has 0 aromatic heterocycles. The van der Waals surface area contributed by atoms with Crippen LogP contribution in [0.1, 0.15) is 43.0 Å². The normalized spacial score (nSPS) is 17.1. The van der Waals surface area contributed by atoms with Crippen molar-refractivity contribution in [1.29, 1.82) is 0 Å². The number of benzene rings is 1. The van der Waals surface area contributed by atoms with Crippen LogP contribution in [0.2, 0.25) is 5.02 Å². The summed E-state index contributed by atoms with van der Waals surface area (Å²) in [6.07, 6.45) is 2.83. The van der Waals surface area contributed by atoms with Crippen molar-refractivity contribution in [1.82, 2.24) is 9.62 Å². The third-order valence-corrected chi connectivity index (χ3v) is 6.22. The summed E-state index contributed by atoms with van der Waals surface area (Å²) in [6, 6.07) is 6.80. The molecule has 0 bridgehead atoms. The summed E-state index contributed by atoms with van der Waals surface area (Å²) in [7, 11) is -3.15. The molecular weight excluding hydrogens is 336 g/mol. The molecule has 5 nitrogen and oxygen atoms in total. The largest absolute Gasteiger partial charge is 0.349 e. The number of hydrogen-bond donors (Lipinski definition) is 1. The first-order valence-electron chi connectivity index (χ1n) is 7.96. The average Bonchev–Trinajstić information content (AvgIpc) is 2.53. The van der Waals surface area contributed by atoms with Gasteiger partial charge < -0.3 is 5.32 Å². The average molecular weight is 359 g/mol. The predicted molar refractivity (Wildman–Crippen MR) is 92.2 cm³/mol. The lowest BCUT2D eigenvalue weighted by Crippen LogP contribution is -2.47. The molecule has 128 valence electrons. The Hall–Kier alpha value is -1.11. The summed E-state index contributed by atoms with van der Waals surface area (Å²) in [6.45, 7) is 2.91. The van der Waals surface area contributed by atoms with Gasteiger partial charge in [0.25, 0.3) is 5.91 Å². The van der Waals surface area contributed by atoms with Crippen LogP contribution in [0.5, 0.6) is 0 Å². The van der Waals surface area contributed by atoms with Crippen molar-refractivity contribution in [3.05, 3.63) is 34.9 Å². The van der Waals surface area contributed by atoms with E-state index in [2.05, 4.69) is 5.32 Å². The zero-order valence-corrected chi connectivity index (χ0v) is 14.9. The van der Waals surface area contributed by atoms with Crippen molar-refractivity contribution in [3.8, 4) is 0 Å². The smallest absolute Gasteiger partial charge is 0.251 e. The van der Waals surface area contributed by atoms with Gasteiger partial charge in [-0.3, -0.25) is 4.79 Å². The Labute approximate surface area is 143 Å². The lowest BCUT2D eigenvalue weighted by atomic mass is 10.1. The Bertz CT molecular complexity index is 640. The molecule has 1 aliphatic rings. The molecule has 1 fully saturated rings. The third kappa shape index (κ3) is 5.19. The molecule has 1 saturated heterocycles. The first-order chi connectivity index (χ1) is 10.9. The van der Waals surface area contributed by atoms with Gasteiger partial charge in [-0.1, -0.05) is 31.0 Å². The molecule has 1 N–H and O–H groups in total. The van der Waals surface area contributed by atoms with Gasteiger partial charge in [0.05, 0.1) is 5.75 Å². The summed E-state index contributed by atoms with van der Waals surface area (Å²) >= 11 is 5.89. The first kappa shape index (κ1) is 18.2. The minimum absolute atomic E-state index is 0.000827. The van der Waals surface area contributed by atoms with Crippen molar-refractivity contribution in [3.63, 3.8) is 0 Å². The Morgan fingerprint density at radius 2 is 2.04 bits per heavy atom. The number of unbranched alkanes of at least 4 members (excludes halogenated alkanes) is 1. The van der Waals surface area contributed by atoms with Gasteiger partial charge in [-0.15, -0.1) is 0 Å². The zero-order chi connectivity index (χ0) is 16.9. The van der Waals surface area contributed by atoms with Crippen molar-refractivity contribution < 1.29 is 13.2 Å². The maximum Gasteiger partial charge on any atom is 0.251 e. The molecule has 7 heteroatoms. The van der Waals surface area contributed by atoms with Gasteiger partial charge in [-0.05, 0) is 37.5 Å². The van der Waals surface area contributed by atoms with Crippen LogP contribution >= 0.6 is 11.6 Å². The summed E-state index contributed by atoms with van der Waals surface area (Å²) in [5.74, 6) is 0.0445. The van der Waals surface area contributed by atoms with E-state index in [1.54, 1.807) is 28.6 Å². The summed E-state index contributed by atoms with van der Waals surface area (Å²) in [5, 5.41) is 3.48. The van der Waals surface area contributed by atoms with E-state index in [1.807, 2.05) is 6.92 Å². The highest BCUT2D eigenvalue weighted by Crippen LogP contribution is 2.17. The molecule has 2 rings (SSSR count). The van der Waals surface area contributed by atoms with E-state index in [9.17, 15) is 13.2 Å². The topological polar surface area (TPSA) is 66.5 Å². The number of nitrogens with zero attached hydrogens (tertiary/aromatic N) is 1. The third-order valence-electron chi connectivity index (χ3n) is 4.03. The van der Waals surface area contributed by atoms with Crippen molar-refractivity contribution >= 4 is 27.5 Å². The Morgan fingerprint density at radius 1 is 1.35 bits per heavy atom. The fraction of sp³-hybridized carbons (Fsp3) is 0.562. The van der Waals surface area contributed by atoms with Crippen LogP contribution in [0.3, 0.4) is 0 Å². The number of nitrogens with one attached hydrogen (secondary N) is 1. The van der Waals surface area contributed by atoms with E-state index >= 15 is 0 Å². The van der Waals surface area contributed by atoms with Gasteiger partial charge in [0, 0.05) is 29.7 Å². The van der Waals surface area contributed by atoms with Crippen molar-refractivity contribution in [2.24, 2.45) is 0 Å². The zero-order valence-electron chi connectivity index (χ0n) is 13.3. The summed E-state index contributed by atoms with van der Waals surface area (Å²) in [5.41, 5.74) is 0.524. The minimum Gasteiger partial charge on any atom is -0.349 e. The molecule has 0 saturated carbocycles. The van der Waals surface area contributed by atoms with Gasteiger partial charge in [0.15, 0.2) is 0 Å². The number of carbonyl (C=O) groups excluding carboxylic acids is 1. The van der Waals surface area contributed by atoms with Gasteiger partial charge in [-0.25, -0.2) is 12.7 Å². The van der Waals surface area contributed by atoms with E-state index in [1.165, 1.54) is 0 Å². The standard InChI is InChI=1S/C16H23ClN2O3S/c1-2-3-11-23(21,22)19-9-7-15(8-10-19)18-16(20)13-5-4-6-14(17)12-13/h4-6,12,15H,2-3,7-11H2,1H3,(H,18,20). The number of rotatable bonds is 6. The van der Waals surface area contributed by atoms with Gasteiger partial charge in [0.2, 0.25) is 10.0 Å². The lowest BCUT2D eigenvalue weighted by Gasteiger charge is -2.31. The van der Waals surface area contributed by atoms with Crippen molar-refractivity contribution in [2.75, 3.05) is 18.8 Å². The van der Waals surface area contributed by atoms with Crippen LogP contribution in [0.4, 0.5) is 0 Å². The van der Waals surface area contributed by atoms with E-state index in [0.717, 1.165) is 6.42 Å². The van der Waals surface area contributed by atoms with Crippen LogP contribution in [0.15, 0.2) is 24.3 Å². The molecule has 23 heavy (non-hydrogen) atoms. The molecule has 0 spiro atoms. The predicted octanol–water partition coefficient (Wildman–Crippen LogP) is 2.66. The number of halogens is 1. The highest BCUT2D eigenvalue weighted by Gasteiger charge is 2.28. The van der Waals surface area contributed by atoms with Crippen molar-refractivity contribution in [2.45, 2.75) is 38.6 Å². The highest BCUT2D eigenvalue weighted by atomic mass is 35.5. The van der Waals surface area contributed by atoms with E-state index in [-0.39, 0.29) is 17.7 Å². The Morgan fingerprint density at radius 3 is 2.65 bits per heavy atom. The van der Waals surface area contributed by atoms with Crippen LogP contribution in [-0.2, 0) is 10.0 Å². The molecule has 0 aliphatic carbocycles. The monoisotopic (exact) mass is 358 g/mol. The molecular formula is C16H23ClN2O3S. The number of amides is 1. The van der Waals surface area contributed by atoms with Crippen LogP contribution < -0.4 is 5.32 Å². The van der Waals surface area contributed by atoms with Gasteiger partial charge in [-0.2, -0.15) is 0 Å². The SMILES string of the molecule is CCCCS(=O)(=O)N1CCC(NC(=O)c2cccc(Cl)c2)CC1. The minimum atomic E-state index is -3.15. The molecule has 0 unspecified atom stereocenters. The first-order valence-corrected chi connectivity index (χ1v) is 9.95. The molecule has 0 atom stereocenters.